The van der Waals surface area contributed by atoms with Crippen molar-refractivity contribution in [1.82, 2.24) is 9.55 Å². The van der Waals surface area contributed by atoms with Crippen LogP contribution in [0.15, 0.2) is 49.2 Å². The molecule has 0 spiro atoms. The minimum absolute atomic E-state index is 0.531. The minimum Gasteiger partial charge on any atom is -0.350 e. The summed E-state index contributed by atoms with van der Waals surface area (Å²) in [6.07, 6.45) is 6.18. The van der Waals surface area contributed by atoms with Crippen LogP contribution >= 0.6 is 0 Å². The van der Waals surface area contributed by atoms with Gasteiger partial charge in [-0.15, -0.1) is 6.58 Å². The molecule has 0 atom stereocenters. The van der Waals surface area contributed by atoms with Crippen molar-refractivity contribution in [2.75, 3.05) is 11.4 Å². The molecule has 4 nitrogen and oxygen atoms in total. The van der Waals surface area contributed by atoms with Crippen molar-refractivity contribution in [3.63, 3.8) is 0 Å². The Labute approximate surface area is 160 Å². The van der Waals surface area contributed by atoms with Crippen LogP contribution in [0.1, 0.15) is 28.8 Å². The lowest BCUT2D eigenvalue weighted by molar-refractivity contribution is 0.718. The molecule has 4 heteroatoms. The Morgan fingerprint density at radius 3 is 2.85 bits per heavy atom. The van der Waals surface area contributed by atoms with E-state index in [1.165, 1.54) is 33.3 Å². The molecule has 2 aromatic heterocycles. The molecule has 0 N–H and O–H groups in total. The van der Waals surface area contributed by atoms with Crippen molar-refractivity contribution >= 4 is 16.7 Å². The van der Waals surface area contributed by atoms with Crippen LogP contribution < -0.4 is 4.90 Å². The van der Waals surface area contributed by atoms with Crippen LogP contribution in [0.25, 0.3) is 10.9 Å². The van der Waals surface area contributed by atoms with Crippen molar-refractivity contribution in [2.24, 2.45) is 0 Å². The average molecular weight is 356 g/mol. The van der Waals surface area contributed by atoms with E-state index in [1.807, 2.05) is 12.3 Å². The molecule has 0 unspecified atom stereocenters. The SMILES string of the molecule is C=CCn1c(C)c(CCC#N)c2ccnc(N3CCc4ccccc4C3)c21. The predicted octanol–water partition coefficient (Wildman–Crippen LogP) is 4.55. The molecule has 0 aliphatic carbocycles. The summed E-state index contributed by atoms with van der Waals surface area (Å²) in [5, 5.41) is 10.3. The molecule has 3 heterocycles. The van der Waals surface area contributed by atoms with E-state index in [-0.39, 0.29) is 0 Å². The van der Waals surface area contributed by atoms with Crippen LogP contribution in [0.2, 0.25) is 0 Å². The Hall–Kier alpha value is -3.06. The molecule has 27 heavy (non-hydrogen) atoms. The summed E-state index contributed by atoms with van der Waals surface area (Å²) in [5.41, 5.74) is 6.46. The zero-order chi connectivity index (χ0) is 18.8. The second kappa shape index (κ2) is 7.28. The van der Waals surface area contributed by atoms with Gasteiger partial charge in [-0.1, -0.05) is 30.3 Å². The largest absolute Gasteiger partial charge is 0.350 e. The second-order valence-corrected chi connectivity index (χ2v) is 7.09. The first-order valence-corrected chi connectivity index (χ1v) is 9.50. The lowest BCUT2D eigenvalue weighted by Gasteiger charge is -2.30. The lowest BCUT2D eigenvalue weighted by Crippen LogP contribution is -2.31. The molecule has 0 radical (unpaired) electrons. The number of benzene rings is 1. The van der Waals surface area contributed by atoms with Gasteiger partial charge in [0.25, 0.3) is 0 Å². The highest BCUT2D eigenvalue weighted by atomic mass is 15.2. The fourth-order valence-electron chi connectivity index (χ4n) is 4.24. The molecular weight excluding hydrogens is 332 g/mol. The van der Waals surface area contributed by atoms with Gasteiger partial charge in [0.05, 0.1) is 11.6 Å². The summed E-state index contributed by atoms with van der Waals surface area (Å²) in [7, 11) is 0. The number of aromatic nitrogens is 2. The Morgan fingerprint density at radius 2 is 2.07 bits per heavy atom. The quantitative estimate of drug-likeness (QED) is 0.630. The maximum atomic E-state index is 9.06. The van der Waals surface area contributed by atoms with Gasteiger partial charge in [0.15, 0.2) is 5.82 Å². The van der Waals surface area contributed by atoms with Crippen molar-refractivity contribution in [3.8, 4) is 6.07 Å². The number of hydrogen-bond acceptors (Lipinski definition) is 3. The number of hydrogen-bond donors (Lipinski definition) is 0. The van der Waals surface area contributed by atoms with Gasteiger partial charge in [0.1, 0.15) is 0 Å². The van der Waals surface area contributed by atoms with Crippen LogP contribution in [0.5, 0.6) is 0 Å². The number of anilines is 1. The number of fused-ring (bicyclic) bond motifs is 2. The van der Waals surface area contributed by atoms with E-state index in [1.54, 1.807) is 0 Å². The molecule has 136 valence electrons. The van der Waals surface area contributed by atoms with E-state index < -0.39 is 0 Å². The number of pyridine rings is 1. The van der Waals surface area contributed by atoms with Gasteiger partial charge in [0.2, 0.25) is 0 Å². The van der Waals surface area contributed by atoms with Gasteiger partial charge in [-0.25, -0.2) is 4.98 Å². The van der Waals surface area contributed by atoms with Crippen LogP contribution in [0.3, 0.4) is 0 Å². The summed E-state index contributed by atoms with van der Waals surface area (Å²) in [6, 6.07) is 13.1. The standard InChI is InChI=1S/C23H24N4/c1-3-14-27-17(2)20(9-6-12-24)21-10-13-25-23(22(21)27)26-15-11-18-7-4-5-8-19(18)16-26/h3-5,7-8,10,13H,1,6,9,11,14-16H2,2H3. The number of aryl methyl sites for hydroxylation is 1. The zero-order valence-corrected chi connectivity index (χ0v) is 15.8. The number of nitriles is 1. The molecule has 0 saturated carbocycles. The number of rotatable bonds is 5. The van der Waals surface area contributed by atoms with E-state index in [0.717, 1.165) is 38.3 Å². The Bertz CT molecular complexity index is 1040. The highest BCUT2D eigenvalue weighted by molar-refractivity contribution is 5.94. The van der Waals surface area contributed by atoms with E-state index in [2.05, 4.69) is 59.4 Å². The highest BCUT2D eigenvalue weighted by Crippen LogP contribution is 2.34. The molecule has 0 amide bonds. The van der Waals surface area contributed by atoms with E-state index in [9.17, 15) is 0 Å². The molecule has 0 bridgehead atoms. The minimum atomic E-state index is 0.531. The van der Waals surface area contributed by atoms with Crippen molar-refractivity contribution in [1.29, 1.82) is 5.26 Å². The van der Waals surface area contributed by atoms with Crippen LogP contribution in [0, 0.1) is 18.3 Å². The maximum absolute atomic E-state index is 9.06. The topological polar surface area (TPSA) is 44.9 Å². The fourth-order valence-corrected chi connectivity index (χ4v) is 4.24. The summed E-state index contributed by atoms with van der Waals surface area (Å²) >= 11 is 0. The third kappa shape index (κ3) is 3.00. The molecule has 0 fully saturated rings. The van der Waals surface area contributed by atoms with Crippen LogP contribution in [0.4, 0.5) is 5.82 Å². The van der Waals surface area contributed by atoms with Gasteiger partial charge in [-0.3, -0.25) is 0 Å². The monoisotopic (exact) mass is 356 g/mol. The third-order valence-electron chi connectivity index (χ3n) is 5.57. The van der Waals surface area contributed by atoms with Crippen LogP contribution in [-0.4, -0.2) is 16.1 Å². The highest BCUT2D eigenvalue weighted by Gasteiger charge is 2.23. The van der Waals surface area contributed by atoms with Crippen molar-refractivity contribution < 1.29 is 0 Å². The Kier molecular flexibility index (Phi) is 4.68. The number of allylic oxidation sites excluding steroid dienone is 1. The smallest absolute Gasteiger partial charge is 0.153 e. The van der Waals surface area contributed by atoms with E-state index >= 15 is 0 Å². The molecular formula is C23H24N4. The molecule has 3 aromatic rings. The first-order chi connectivity index (χ1) is 13.2. The lowest BCUT2D eigenvalue weighted by atomic mass is 10.00. The normalized spacial score (nSPS) is 13.4. The van der Waals surface area contributed by atoms with Crippen LogP contribution in [-0.2, 0) is 25.9 Å². The first kappa shape index (κ1) is 17.4. The molecule has 1 aliphatic rings. The average Bonchev–Trinajstić information content (AvgIpc) is 2.97. The summed E-state index contributed by atoms with van der Waals surface area (Å²) < 4.78 is 2.30. The van der Waals surface area contributed by atoms with Gasteiger partial charge in [0, 0.05) is 43.3 Å². The molecule has 1 aliphatic heterocycles. The summed E-state index contributed by atoms with van der Waals surface area (Å²) in [6.45, 7) is 8.68. The maximum Gasteiger partial charge on any atom is 0.153 e. The summed E-state index contributed by atoms with van der Waals surface area (Å²) in [4.78, 5) is 7.17. The second-order valence-electron chi connectivity index (χ2n) is 7.09. The van der Waals surface area contributed by atoms with Crippen molar-refractivity contribution in [2.45, 2.75) is 39.3 Å². The van der Waals surface area contributed by atoms with E-state index in [0.29, 0.717) is 6.42 Å². The number of nitrogens with zero attached hydrogens (tertiary/aromatic N) is 4. The first-order valence-electron chi connectivity index (χ1n) is 9.50. The Morgan fingerprint density at radius 1 is 1.26 bits per heavy atom. The fraction of sp³-hybridized carbons (Fsp3) is 0.304. The summed E-state index contributed by atoms with van der Waals surface area (Å²) in [5.74, 6) is 1.04. The van der Waals surface area contributed by atoms with Gasteiger partial charge < -0.3 is 9.47 Å². The Balaban J connectivity index is 1.84. The van der Waals surface area contributed by atoms with Gasteiger partial charge in [-0.2, -0.15) is 5.26 Å². The molecule has 4 rings (SSSR count). The van der Waals surface area contributed by atoms with Gasteiger partial charge in [-0.05, 0) is 42.5 Å². The zero-order valence-electron chi connectivity index (χ0n) is 15.8. The van der Waals surface area contributed by atoms with Crippen molar-refractivity contribution in [3.05, 3.63) is 71.6 Å². The van der Waals surface area contributed by atoms with Gasteiger partial charge >= 0.3 is 0 Å². The third-order valence-corrected chi connectivity index (χ3v) is 5.57. The molecule has 1 aromatic carbocycles. The van der Waals surface area contributed by atoms with E-state index in [4.69, 9.17) is 10.2 Å². The predicted molar refractivity (Wildman–Crippen MR) is 110 cm³/mol. The molecule has 0 saturated heterocycles.